The minimum Gasteiger partial charge on any atom is -0.349 e. The zero-order chi connectivity index (χ0) is 21.1. The molecular formula is C23H29N3O3S. The first-order valence-corrected chi connectivity index (χ1v) is 12.1. The Morgan fingerprint density at radius 2 is 1.70 bits per heavy atom. The number of hydrogen-bond donors (Lipinski definition) is 2. The maximum atomic E-state index is 12.9. The number of carbonyl (C=O) groups excluding carboxylic acids is 1. The fraction of sp³-hybridized carbons (Fsp3) is 0.435. The van der Waals surface area contributed by atoms with Crippen LogP contribution in [0.15, 0.2) is 53.4 Å². The van der Waals surface area contributed by atoms with Gasteiger partial charge in [0.15, 0.2) is 0 Å². The summed E-state index contributed by atoms with van der Waals surface area (Å²) in [4.78, 5) is 15.4. The maximum absolute atomic E-state index is 12.9. The van der Waals surface area contributed by atoms with Crippen molar-refractivity contribution in [1.29, 1.82) is 0 Å². The Kier molecular flexibility index (Phi) is 6.22. The van der Waals surface area contributed by atoms with E-state index in [1.165, 1.54) is 11.6 Å². The molecule has 2 fully saturated rings. The van der Waals surface area contributed by atoms with Crippen molar-refractivity contribution >= 4 is 15.9 Å². The quantitative estimate of drug-likeness (QED) is 0.712. The van der Waals surface area contributed by atoms with Crippen LogP contribution in [-0.2, 0) is 16.6 Å². The van der Waals surface area contributed by atoms with Crippen molar-refractivity contribution in [3.63, 3.8) is 0 Å². The van der Waals surface area contributed by atoms with Gasteiger partial charge < -0.3 is 5.32 Å². The van der Waals surface area contributed by atoms with E-state index in [0.29, 0.717) is 5.56 Å². The maximum Gasteiger partial charge on any atom is 0.251 e. The second kappa shape index (κ2) is 8.88. The molecule has 0 aromatic heterocycles. The molecule has 0 atom stereocenters. The molecule has 0 radical (unpaired) electrons. The van der Waals surface area contributed by atoms with Crippen LogP contribution in [0.2, 0.25) is 0 Å². The zero-order valence-electron chi connectivity index (χ0n) is 17.3. The summed E-state index contributed by atoms with van der Waals surface area (Å²) in [6, 6.07) is 15.3. The lowest BCUT2D eigenvalue weighted by atomic mass is 10.0. The lowest BCUT2D eigenvalue weighted by Crippen LogP contribution is -2.44. The number of rotatable bonds is 7. The van der Waals surface area contributed by atoms with Gasteiger partial charge in [0.25, 0.3) is 5.91 Å². The van der Waals surface area contributed by atoms with Crippen molar-refractivity contribution in [2.24, 2.45) is 0 Å². The van der Waals surface area contributed by atoms with Crippen molar-refractivity contribution in [3.05, 3.63) is 65.2 Å². The molecule has 4 rings (SSSR count). The van der Waals surface area contributed by atoms with Crippen molar-refractivity contribution in [2.45, 2.75) is 56.1 Å². The molecule has 0 bridgehead atoms. The molecule has 0 unspecified atom stereocenters. The molecule has 2 N–H and O–H groups in total. The van der Waals surface area contributed by atoms with E-state index >= 15 is 0 Å². The molecule has 1 heterocycles. The van der Waals surface area contributed by atoms with Gasteiger partial charge in [0.05, 0.1) is 4.90 Å². The highest BCUT2D eigenvalue weighted by molar-refractivity contribution is 7.89. The molecule has 30 heavy (non-hydrogen) atoms. The molecule has 7 heteroatoms. The summed E-state index contributed by atoms with van der Waals surface area (Å²) in [5.41, 5.74) is 2.51. The summed E-state index contributed by atoms with van der Waals surface area (Å²) in [5, 5.41) is 3.11. The number of amides is 1. The first-order valence-electron chi connectivity index (χ1n) is 10.6. The molecule has 1 aliphatic carbocycles. The average molecular weight is 428 g/mol. The zero-order valence-corrected chi connectivity index (χ0v) is 18.1. The Balaban J connectivity index is 1.35. The van der Waals surface area contributed by atoms with Gasteiger partial charge in [-0.25, -0.2) is 13.1 Å². The Labute approximate surface area is 178 Å². The van der Waals surface area contributed by atoms with Crippen molar-refractivity contribution in [1.82, 2.24) is 14.9 Å². The van der Waals surface area contributed by atoms with Crippen LogP contribution in [0.1, 0.15) is 47.2 Å². The summed E-state index contributed by atoms with van der Waals surface area (Å²) in [7, 11) is -3.58. The molecule has 2 aliphatic rings. The Bertz CT molecular complexity index is 996. The second-order valence-corrected chi connectivity index (χ2v) is 10.1. The Morgan fingerprint density at radius 1 is 1.00 bits per heavy atom. The fourth-order valence-corrected chi connectivity index (χ4v) is 5.17. The summed E-state index contributed by atoms with van der Waals surface area (Å²) in [6.45, 7) is 4.62. The largest absolute Gasteiger partial charge is 0.349 e. The first-order chi connectivity index (χ1) is 14.4. The van der Waals surface area contributed by atoms with E-state index < -0.39 is 10.0 Å². The van der Waals surface area contributed by atoms with E-state index in [4.69, 9.17) is 0 Å². The smallest absolute Gasteiger partial charge is 0.251 e. The number of likely N-dealkylation sites (tertiary alicyclic amines) is 1. The van der Waals surface area contributed by atoms with Crippen molar-refractivity contribution in [3.8, 4) is 0 Å². The van der Waals surface area contributed by atoms with Crippen LogP contribution in [-0.4, -0.2) is 44.4 Å². The van der Waals surface area contributed by atoms with Crippen LogP contribution >= 0.6 is 0 Å². The van der Waals surface area contributed by atoms with Gasteiger partial charge in [0, 0.05) is 37.3 Å². The number of carbonyl (C=O) groups is 1. The first kappa shape index (κ1) is 21.0. The second-order valence-electron chi connectivity index (χ2n) is 8.38. The normalized spacial score (nSPS) is 18.3. The van der Waals surface area contributed by atoms with E-state index in [1.54, 1.807) is 12.1 Å². The number of sulfonamides is 1. The molecule has 0 spiro atoms. The van der Waals surface area contributed by atoms with Gasteiger partial charge in [-0.2, -0.15) is 0 Å². The Morgan fingerprint density at radius 3 is 2.37 bits per heavy atom. The topological polar surface area (TPSA) is 78.5 Å². The van der Waals surface area contributed by atoms with Crippen LogP contribution in [0.5, 0.6) is 0 Å². The number of hydrogen-bond acceptors (Lipinski definition) is 4. The number of nitrogens with zero attached hydrogens (tertiary/aromatic N) is 1. The van der Waals surface area contributed by atoms with Gasteiger partial charge in [-0.1, -0.05) is 36.4 Å². The van der Waals surface area contributed by atoms with Gasteiger partial charge >= 0.3 is 0 Å². The molecule has 2 aromatic carbocycles. The Hall–Kier alpha value is -2.22. The van der Waals surface area contributed by atoms with Crippen LogP contribution in [0.4, 0.5) is 0 Å². The number of aryl methyl sites for hydroxylation is 1. The van der Waals surface area contributed by atoms with Gasteiger partial charge in [-0.3, -0.25) is 9.69 Å². The predicted molar refractivity (Wildman–Crippen MR) is 117 cm³/mol. The van der Waals surface area contributed by atoms with E-state index in [2.05, 4.69) is 39.2 Å². The molecular weight excluding hydrogens is 398 g/mol. The van der Waals surface area contributed by atoms with Crippen LogP contribution in [0.25, 0.3) is 0 Å². The third-order valence-corrected chi connectivity index (χ3v) is 7.35. The van der Waals surface area contributed by atoms with Gasteiger partial charge in [-0.05, 0) is 55.9 Å². The van der Waals surface area contributed by atoms with E-state index in [0.717, 1.165) is 50.9 Å². The summed E-state index contributed by atoms with van der Waals surface area (Å²) in [6.07, 6.45) is 3.53. The van der Waals surface area contributed by atoms with Crippen molar-refractivity contribution in [2.75, 3.05) is 13.1 Å². The van der Waals surface area contributed by atoms with Crippen LogP contribution < -0.4 is 10.0 Å². The summed E-state index contributed by atoms with van der Waals surface area (Å²) in [5.74, 6) is -0.197. The number of benzene rings is 2. The molecule has 6 nitrogen and oxygen atoms in total. The molecule has 160 valence electrons. The molecule has 2 aromatic rings. The number of nitrogens with one attached hydrogen (secondary N) is 2. The SMILES string of the molecule is Cc1ccc(S(=O)(=O)NC2CC2)cc1C(=O)NC1CCN(Cc2ccccc2)CC1. The van der Waals surface area contributed by atoms with Gasteiger partial charge in [0.1, 0.15) is 0 Å². The van der Waals surface area contributed by atoms with E-state index in [9.17, 15) is 13.2 Å². The summed E-state index contributed by atoms with van der Waals surface area (Å²) >= 11 is 0. The average Bonchev–Trinajstić information content (AvgIpc) is 3.53. The molecule has 1 amide bonds. The minimum absolute atomic E-state index is 0.0367. The highest BCUT2D eigenvalue weighted by atomic mass is 32.2. The predicted octanol–water partition coefficient (Wildman–Crippen LogP) is 2.83. The highest BCUT2D eigenvalue weighted by Crippen LogP contribution is 2.23. The highest BCUT2D eigenvalue weighted by Gasteiger charge is 2.29. The monoisotopic (exact) mass is 427 g/mol. The lowest BCUT2D eigenvalue weighted by molar-refractivity contribution is 0.0908. The molecule has 1 aliphatic heterocycles. The van der Waals surface area contributed by atoms with E-state index in [-0.39, 0.29) is 22.9 Å². The van der Waals surface area contributed by atoms with Crippen molar-refractivity contribution < 1.29 is 13.2 Å². The number of piperidine rings is 1. The third-order valence-electron chi connectivity index (χ3n) is 5.83. The minimum atomic E-state index is -3.58. The third kappa shape index (κ3) is 5.28. The lowest BCUT2D eigenvalue weighted by Gasteiger charge is -2.32. The van der Waals surface area contributed by atoms with Crippen LogP contribution in [0.3, 0.4) is 0 Å². The molecule has 1 saturated heterocycles. The van der Waals surface area contributed by atoms with Gasteiger partial charge in [-0.15, -0.1) is 0 Å². The van der Waals surface area contributed by atoms with Crippen LogP contribution in [0, 0.1) is 6.92 Å². The van der Waals surface area contributed by atoms with Gasteiger partial charge in [0.2, 0.25) is 10.0 Å². The summed E-state index contributed by atoms with van der Waals surface area (Å²) < 4.78 is 27.7. The fourth-order valence-electron chi connectivity index (χ4n) is 3.84. The standard InChI is InChI=1S/C23H29N3O3S/c1-17-7-10-21(30(28,29)25-20-8-9-20)15-22(17)23(27)24-19-11-13-26(14-12-19)16-18-5-3-2-4-6-18/h2-7,10,15,19-20,25H,8-9,11-14,16H2,1H3,(H,24,27). The molecule has 1 saturated carbocycles. The van der Waals surface area contributed by atoms with E-state index in [1.807, 2.05) is 13.0 Å².